The Hall–Kier alpha value is -2.03. The van der Waals surface area contributed by atoms with Crippen molar-refractivity contribution in [2.24, 2.45) is 0 Å². The highest BCUT2D eigenvalue weighted by Gasteiger charge is 2.25. The molecule has 1 fully saturated rings. The molecule has 1 aliphatic heterocycles. The van der Waals surface area contributed by atoms with Crippen molar-refractivity contribution in [2.45, 2.75) is 32.8 Å². The fourth-order valence-corrected chi connectivity index (χ4v) is 2.90. The van der Waals surface area contributed by atoms with Gasteiger partial charge in [0.15, 0.2) is 11.9 Å². The van der Waals surface area contributed by atoms with Gasteiger partial charge in [0.25, 0.3) is 5.91 Å². The molecule has 1 atom stereocenters. The van der Waals surface area contributed by atoms with Gasteiger partial charge in [0, 0.05) is 19.2 Å². The third-order valence-corrected chi connectivity index (χ3v) is 4.33. The second-order valence-corrected chi connectivity index (χ2v) is 6.51. The number of ether oxygens (including phenoxy) is 1. The lowest BCUT2D eigenvalue weighted by Crippen LogP contribution is -2.38. The van der Waals surface area contributed by atoms with Gasteiger partial charge in [-0.15, -0.1) is 11.8 Å². The van der Waals surface area contributed by atoms with Crippen molar-refractivity contribution in [1.29, 1.82) is 0 Å². The molecule has 132 valence electrons. The van der Waals surface area contributed by atoms with E-state index in [1.54, 1.807) is 24.8 Å². The van der Waals surface area contributed by atoms with E-state index >= 15 is 0 Å². The molecule has 1 saturated heterocycles. The number of carbonyl (C=O) groups excluding carboxylic acids is 3. The number of esters is 1. The van der Waals surface area contributed by atoms with Crippen LogP contribution in [0.1, 0.15) is 25.5 Å². The van der Waals surface area contributed by atoms with Crippen LogP contribution in [0.25, 0.3) is 0 Å². The van der Waals surface area contributed by atoms with Crippen LogP contribution in [0.5, 0.6) is 0 Å². The van der Waals surface area contributed by atoms with Crippen molar-refractivity contribution in [3.8, 4) is 0 Å². The van der Waals surface area contributed by atoms with Crippen LogP contribution >= 0.6 is 11.8 Å². The van der Waals surface area contributed by atoms with E-state index < -0.39 is 12.1 Å². The molecule has 0 radical (unpaired) electrons. The maximum atomic E-state index is 12.0. The number of nitrogens with one attached hydrogen (secondary N) is 1. The van der Waals surface area contributed by atoms with Gasteiger partial charge in [-0.3, -0.25) is 14.4 Å². The number of hydrogen-bond acceptors (Lipinski definition) is 7. The van der Waals surface area contributed by atoms with Gasteiger partial charge < -0.3 is 19.5 Å². The summed E-state index contributed by atoms with van der Waals surface area (Å²) in [6, 6.07) is 1.60. The zero-order chi connectivity index (χ0) is 17.5. The summed E-state index contributed by atoms with van der Waals surface area (Å²) < 4.78 is 9.95. The third-order valence-electron chi connectivity index (χ3n) is 3.42. The molecule has 2 amide bonds. The van der Waals surface area contributed by atoms with Crippen molar-refractivity contribution in [3.05, 3.63) is 11.8 Å². The van der Waals surface area contributed by atoms with Crippen molar-refractivity contribution in [3.63, 3.8) is 0 Å². The summed E-state index contributed by atoms with van der Waals surface area (Å²) in [6.07, 6.45) is 1.19. The molecule has 1 aromatic rings. The predicted molar refractivity (Wildman–Crippen MR) is 88.6 cm³/mol. The Kier molecular flexibility index (Phi) is 6.65. The minimum atomic E-state index is -0.789. The highest BCUT2D eigenvalue weighted by Crippen LogP contribution is 2.12. The summed E-state index contributed by atoms with van der Waals surface area (Å²) in [5.41, 5.74) is 0. The average Bonchev–Trinajstić information content (AvgIpc) is 3.18. The second kappa shape index (κ2) is 8.72. The Labute approximate surface area is 144 Å². The SMILES string of the molecule is Cc1cc(NC(=O)CSCC(=O)OC(C)C(=O)N2CCCC2)no1. The van der Waals surface area contributed by atoms with Gasteiger partial charge in [0.05, 0.1) is 11.5 Å². The zero-order valence-corrected chi connectivity index (χ0v) is 14.6. The molecule has 0 saturated carbocycles. The third kappa shape index (κ3) is 5.55. The molecule has 1 unspecified atom stereocenters. The van der Waals surface area contributed by atoms with Crippen LogP contribution in [-0.4, -0.2) is 58.5 Å². The largest absolute Gasteiger partial charge is 0.452 e. The lowest BCUT2D eigenvalue weighted by Gasteiger charge is -2.20. The van der Waals surface area contributed by atoms with Gasteiger partial charge in [0.2, 0.25) is 5.91 Å². The molecule has 8 nitrogen and oxygen atoms in total. The standard InChI is InChI=1S/C15H21N3O5S/c1-10-7-12(17-23-10)16-13(19)8-24-9-14(20)22-11(2)15(21)18-5-3-4-6-18/h7,11H,3-6,8-9H2,1-2H3,(H,16,17,19). The lowest BCUT2D eigenvalue weighted by molar-refractivity contribution is -0.156. The molecule has 1 aliphatic rings. The van der Waals surface area contributed by atoms with E-state index in [0.717, 1.165) is 37.7 Å². The van der Waals surface area contributed by atoms with E-state index in [9.17, 15) is 14.4 Å². The van der Waals surface area contributed by atoms with Crippen LogP contribution in [0.2, 0.25) is 0 Å². The predicted octanol–water partition coefficient (Wildman–Crippen LogP) is 1.21. The Bertz CT molecular complexity index is 598. The minimum Gasteiger partial charge on any atom is -0.452 e. The number of nitrogens with zero attached hydrogens (tertiary/aromatic N) is 2. The molecule has 0 aliphatic carbocycles. The molecule has 9 heteroatoms. The number of aromatic nitrogens is 1. The summed E-state index contributed by atoms with van der Waals surface area (Å²) in [5, 5.41) is 6.20. The van der Waals surface area contributed by atoms with Crippen LogP contribution in [0, 0.1) is 6.92 Å². The number of hydrogen-bond donors (Lipinski definition) is 1. The van der Waals surface area contributed by atoms with Gasteiger partial charge in [-0.1, -0.05) is 5.16 Å². The van der Waals surface area contributed by atoms with Gasteiger partial charge in [-0.05, 0) is 26.7 Å². The first-order valence-corrected chi connectivity index (χ1v) is 8.90. The van der Waals surface area contributed by atoms with E-state index in [-0.39, 0.29) is 23.3 Å². The zero-order valence-electron chi connectivity index (χ0n) is 13.7. The first-order chi connectivity index (χ1) is 11.5. The fourth-order valence-electron chi connectivity index (χ4n) is 2.31. The van der Waals surface area contributed by atoms with Gasteiger partial charge in [0.1, 0.15) is 5.76 Å². The number of carbonyl (C=O) groups is 3. The Morgan fingerprint density at radius 3 is 2.71 bits per heavy atom. The first kappa shape index (κ1) is 18.3. The maximum Gasteiger partial charge on any atom is 0.316 e. The summed E-state index contributed by atoms with van der Waals surface area (Å²) in [5.74, 6) is 0.0549. The Morgan fingerprint density at radius 1 is 1.38 bits per heavy atom. The highest BCUT2D eigenvalue weighted by atomic mass is 32.2. The highest BCUT2D eigenvalue weighted by molar-refractivity contribution is 8.00. The number of aryl methyl sites for hydroxylation is 1. The molecule has 0 bridgehead atoms. The van der Waals surface area contributed by atoms with Crippen LogP contribution in [0.3, 0.4) is 0 Å². The smallest absolute Gasteiger partial charge is 0.316 e. The van der Waals surface area contributed by atoms with Gasteiger partial charge in [-0.2, -0.15) is 0 Å². The van der Waals surface area contributed by atoms with Crippen molar-refractivity contribution in [1.82, 2.24) is 10.1 Å². The van der Waals surface area contributed by atoms with Crippen molar-refractivity contribution < 1.29 is 23.6 Å². The molecular formula is C15H21N3O5S. The number of anilines is 1. The Balaban J connectivity index is 1.63. The molecule has 2 rings (SSSR count). The molecule has 24 heavy (non-hydrogen) atoms. The molecule has 0 spiro atoms. The number of amides is 2. The quantitative estimate of drug-likeness (QED) is 0.733. The summed E-state index contributed by atoms with van der Waals surface area (Å²) >= 11 is 1.11. The lowest BCUT2D eigenvalue weighted by atomic mass is 10.3. The Morgan fingerprint density at radius 2 is 2.08 bits per heavy atom. The van der Waals surface area contributed by atoms with Crippen LogP contribution < -0.4 is 5.32 Å². The van der Waals surface area contributed by atoms with E-state index in [0.29, 0.717) is 11.6 Å². The van der Waals surface area contributed by atoms with E-state index in [1.807, 2.05) is 0 Å². The second-order valence-electron chi connectivity index (χ2n) is 5.53. The molecule has 0 aromatic carbocycles. The summed E-state index contributed by atoms with van der Waals surface area (Å²) in [4.78, 5) is 37.2. The summed E-state index contributed by atoms with van der Waals surface area (Å²) in [7, 11) is 0. The topological polar surface area (TPSA) is 102 Å². The number of likely N-dealkylation sites (tertiary alicyclic amines) is 1. The van der Waals surface area contributed by atoms with Gasteiger partial charge in [-0.25, -0.2) is 0 Å². The van der Waals surface area contributed by atoms with Crippen LogP contribution in [0.4, 0.5) is 5.82 Å². The monoisotopic (exact) mass is 355 g/mol. The average molecular weight is 355 g/mol. The minimum absolute atomic E-state index is 0.00286. The molecular weight excluding hydrogens is 334 g/mol. The van der Waals surface area contributed by atoms with E-state index in [2.05, 4.69) is 10.5 Å². The van der Waals surface area contributed by atoms with Crippen molar-refractivity contribution >= 4 is 35.4 Å². The number of rotatable bonds is 7. The van der Waals surface area contributed by atoms with Gasteiger partial charge >= 0.3 is 5.97 Å². The molecule has 1 N–H and O–H groups in total. The fraction of sp³-hybridized carbons (Fsp3) is 0.600. The maximum absolute atomic E-state index is 12.0. The normalized spacial score (nSPS) is 15.2. The number of thioether (sulfide) groups is 1. The van der Waals surface area contributed by atoms with E-state index in [1.165, 1.54) is 0 Å². The van der Waals surface area contributed by atoms with Crippen LogP contribution in [0.15, 0.2) is 10.6 Å². The van der Waals surface area contributed by atoms with Crippen LogP contribution in [-0.2, 0) is 19.1 Å². The summed E-state index contributed by atoms with van der Waals surface area (Å²) in [6.45, 7) is 4.73. The molecule has 2 heterocycles. The van der Waals surface area contributed by atoms with Crippen molar-refractivity contribution in [2.75, 3.05) is 29.9 Å². The molecule has 1 aromatic heterocycles. The first-order valence-electron chi connectivity index (χ1n) is 7.75. The van der Waals surface area contributed by atoms with E-state index in [4.69, 9.17) is 9.26 Å².